The summed E-state index contributed by atoms with van der Waals surface area (Å²) in [6.07, 6.45) is 0. The number of rotatable bonds is 6. The van der Waals surface area contributed by atoms with E-state index in [0.717, 1.165) is 16.2 Å². The van der Waals surface area contributed by atoms with E-state index < -0.39 is 4.92 Å². The normalized spacial score (nSPS) is 10.2. The highest BCUT2D eigenvalue weighted by Crippen LogP contribution is 2.29. The van der Waals surface area contributed by atoms with Crippen molar-refractivity contribution < 1.29 is 9.66 Å². The number of nitrogens with zero attached hydrogens (tertiary/aromatic N) is 1. The molecule has 0 unspecified atom stereocenters. The Kier molecular flexibility index (Phi) is 5.02. The van der Waals surface area contributed by atoms with E-state index in [-0.39, 0.29) is 5.69 Å². The molecular formula is C14H15N3O3S. The van der Waals surface area contributed by atoms with Crippen LogP contribution in [0.3, 0.4) is 0 Å². The zero-order chi connectivity index (χ0) is 15.2. The van der Waals surface area contributed by atoms with E-state index in [4.69, 9.17) is 10.6 Å². The molecule has 2 aromatic rings. The molecule has 0 fully saturated rings. The summed E-state index contributed by atoms with van der Waals surface area (Å²) < 4.78 is 5.17. The van der Waals surface area contributed by atoms with Crippen molar-refractivity contribution in [3.05, 3.63) is 58.1 Å². The summed E-state index contributed by atoms with van der Waals surface area (Å²) >= 11 is 1.62. The number of nitrogens with one attached hydrogen (secondary N) is 1. The maximum Gasteiger partial charge on any atom is 0.293 e. The fourth-order valence-electron chi connectivity index (χ4n) is 1.81. The highest BCUT2D eigenvalue weighted by Gasteiger charge is 2.13. The second-order valence-corrected chi connectivity index (χ2v) is 5.27. The van der Waals surface area contributed by atoms with Gasteiger partial charge >= 0.3 is 0 Å². The number of anilines is 1. The molecule has 0 radical (unpaired) electrons. The molecule has 0 heterocycles. The Morgan fingerprint density at radius 1 is 1.33 bits per heavy atom. The molecule has 6 nitrogen and oxygen atoms in total. The standard InChI is InChI=1S/C14H15N3O3S/c1-20-11-3-2-4-12(8-11)21-9-10-5-6-14(17(18)19)13(7-10)16-15/h2-8,16H,9,15H2,1H3. The van der Waals surface area contributed by atoms with Crippen LogP contribution in [0.15, 0.2) is 47.4 Å². The molecule has 0 bridgehead atoms. The first kappa shape index (κ1) is 15.1. The number of ether oxygens (including phenoxy) is 1. The predicted molar refractivity (Wildman–Crippen MR) is 83.5 cm³/mol. The first-order chi connectivity index (χ1) is 10.1. The number of hydrogen-bond donors (Lipinski definition) is 2. The molecular weight excluding hydrogens is 290 g/mol. The minimum Gasteiger partial charge on any atom is -0.497 e. The summed E-state index contributed by atoms with van der Waals surface area (Å²) in [6.45, 7) is 0. The van der Waals surface area contributed by atoms with Crippen LogP contribution in [0.5, 0.6) is 5.75 Å². The van der Waals surface area contributed by atoms with E-state index in [1.807, 2.05) is 24.3 Å². The monoisotopic (exact) mass is 305 g/mol. The quantitative estimate of drug-likeness (QED) is 0.369. The molecule has 0 saturated heterocycles. The van der Waals surface area contributed by atoms with Crippen LogP contribution in [0.2, 0.25) is 0 Å². The summed E-state index contributed by atoms with van der Waals surface area (Å²) in [5.41, 5.74) is 3.58. The maximum absolute atomic E-state index is 10.8. The lowest BCUT2D eigenvalue weighted by atomic mass is 10.2. The van der Waals surface area contributed by atoms with Crippen LogP contribution in [0.1, 0.15) is 5.56 Å². The van der Waals surface area contributed by atoms with Crippen molar-refractivity contribution in [2.75, 3.05) is 12.5 Å². The lowest BCUT2D eigenvalue weighted by Crippen LogP contribution is -2.09. The van der Waals surface area contributed by atoms with Gasteiger partial charge in [0.1, 0.15) is 11.4 Å². The largest absolute Gasteiger partial charge is 0.497 e. The van der Waals surface area contributed by atoms with E-state index in [9.17, 15) is 10.1 Å². The molecule has 7 heteroatoms. The van der Waals surface area contributed by atoms with Gasteiger partial charge in [0.2, 0.25) is 0 Å². The lowest BCUT2D eigenvalue weighted by Gasteiger charge is -2.07. The predicted octanol–water partition coefficient (Wildman–Crippen LogP) is 3.18. The Balaban J connectivity index is 2.11. The third kappa shape index (κ3) is 3.87. The number of hydrazine groups is 1. The number of thioether (sulfide) groups is 1. The summed E-state index contributed by atoms with van der Waals surface area (Å²) in [7, 11) is 1.62. The van der Waals surface area contributed by atoms with Crippen LogP contribution in [-0.2, 0) is 5.75 Å². The number of nitro benzene ring substituents is 1. The molecule has 2 rings (SSSR count). The van der Waals surface area contributed by atoms with Gasteiger partial charge in [0.15, 0.2) is 0 Å². The summed E-state index contributed by atoms with van der Waals surface area (Å²) in [5.74, 6) is 6.80. The van der Waals surface area contributed by atoms with E-state index in [1.54, 1.807) is 31.0 Å². The van der Waals surface area contributed by atoms with E-state index >= 15 is 0 Å². The Bertz CT molecular complexity index is 649. The number of hydrogen-bond acceptors (Lipinski definition) is 6. The Labute approximate surface area is 126 Å². The van der Waals surface area contributed by atoms with Crippen molar-refractivity contribution in [1.29, 1.82) is 0 Å². The fourth-order valence-corrected chi connectivity index (χ4v) is 2.69. The lowest BCUT2D eigenvalue weighted by molar-refractivity contribution is -0.384. The highest BCUT2D eigenvalue weighted by molar-refractivity contribution is 7.98. The van der Waals surface area contributed by atoms with Crippen molar-refractivity contribution in [3.63, 3.8) is 0 Å². The number of nitrogens with two attached hydrogens (primary N) is 1. The fraction of sp³-hybridized carbons (Fsp3) is 0.143. The van der Waals surface area contributed by atoms with Crippen molar-refractivity contribution in [3.8, 4) is 5.75 Å². The molecule has 110 valence electrons. The van der Waals surface area contributed by atoms with Crippen LogP contribution in [0.25, 0.3) is 0 Å². The number of benzene rings is 2. The molecule has 2 aromatic carbocycles. The summed E-state index contributed by atoms with van der Waals surface area (Å²) in [5, 5.41) is 10.8. The van der Waals surface area contributed by atoms with Crippen LogP contribution in [0.4, 0.5) is 11.4 Å². The van der Waals surface area contributed by atoms with Gasteiger partial charge in [-0.25, -0.2) is 0 Å². The van der Waals surface area contributed by atoms with Gasteiger partial charge in [-0.2, -0.15) is 0 Å². The molecule has 0 atom stereocenters. The minimum absolute atomic E-state index is 0.0346. The third-order valence-electron chi connectivity index (χ3n) is 2.86. The van der Waals surface area contributed by atoms with E-state index in [1.165, 1.54) is 6.07 Å². The van der Waals surface area contributed by atoms with E-state index in [0.29, 0.717) is 11.4 Å². The molecule has 0 aromatic heterocycles. The topological polar surface area (TPSA) is 90.4 Å². The van der Waals surface area contributed by atoms with Gasteiger partial charge in [-0.05, 0) is 29.8 Å². The van der Waals surface area contributed by atoms with Crippen LogP contribution < -0.4 is 16.0 Å². The van der Waals surface area contributed by atoms with Crippen LogP contribution in [0, 0.1) is 10.1 Å². The zero-order valence-corrected chi connectivity index (χ0v) is 12.2. The second kappa shape index (κ2) is 6.96. The van der Waals surface area contributed by atoms with Gasteiger partial charge in [-0.1, -0.05) is 12.1 Å². The smallest absolute Gasteiger partial charge is 0.293 e. The molecule has 0 saturated carbocycles. The number of nitro groups is 1. The second-order valence-electron chi connectivity index (χ2n) is 4.22. The zero-order valence-electron chi connectivity index (χ0n) is 11.4. The van der Waals surface area contributed by atoms with Crippen LogP contribution in [-0.4, -0.2) is 12.0 Å². The minimum atomic E-state index is -0.464. The van der Waals surface area contributed by atoms with Gasteiger partial charge in [-0.15, -0.1) is 11.8 Å². The molecule has 0 spiro atoms. The molecule has 0 amide bonds. The first-order valence-electron chi connectivity index (χ1n) is 6.15. The Morgan fingerprint density at radius 2 is 2.14 bits per heavy atom. The average molecular weight is 305 g/mol. The third-order valence-corrected chi connectivity index (χ3v) is 3.92. The van der Waals surface area contributed by atoms with Crippen molar-refractivity contribution in [2.45, 2.75) is 10.6 Å². The maximum atomic E-state index is 10.8. The first-order valence-corrected chi connectivity index (χ1v) is 7.13. The summed E-state index contributed by atoms with van der Waals surface area (Å²) in [4.78, 5) is 11.4. The number of nitrogen functional groups attached to an aromatic ring is 1. The molecule has 0 aliphatic heterocycles. The molecule has 0 aliphatic carbocycles. The van der Waals surface area contributed by atoms with Gasteiger partial charge in [-0.3, -0.25) is 16.0 Å². The summed E-state index contributed by atoms with van der Waals surface area (Å²) in [6, 6.07) is 12.6. The van der Waals surface area contributed by atoms with Gasteiger partial charge < -0.3 is 10.2 Å². The van der Waals surface area contributed by atoms with Gasteiger partial charge in [0.25, 0.3) is 5.69 Å². The Hall–Kier alpha value is -2.25. The molecule has 21 heavy (non-hydrogen) atoms. The number of methoxy groups -OCH3 is 1. The Morgan fingerprint density at radius 3 is 2.81 bits per heavy atom. The average Bonchev–Trinajstić information content (AvgIpc) is 2.52. The van der Waals surface area contributed by atoms with Crippen molar-refractivity contribution in [2.24, 2.45) is 5.84 Å². The van der Waals surface area contributed by atoms with Crippen molar-refractivity contribution >= 4 is 23.1 Å². The van der Waals surface area contributed by atoms with Crippen molar-refractivity contribution in [1.82, 2.24) is 0 Å². The van der Waals surface area contributed by atoms with Crippen LogP contribution >= 0.6 is 11.8 Å². The van der Waals surface area contributed by atoms with Gasteiger partial charge in [0.05, 0.1) is 12.0 Å². The highest BCUT2D eigenvalue weighted by atomic mass is 32.2. The molecule has 0 aliphatic rings. The van der Waals surface area contributed by atoms with Gasteiger partial charge in [0, 0.05) is 16.7 Å². The SMILES string of the molecule is COc1cccc(SCc2ccc([N+](=O)[O-])c(NN)c2)c1. The molecule has 3 N–H and O–H groups in total. The van der Waals surface area contributed by atoms with E-state index in [2.05, 4.69) is 5.43 Å².